The Bertz CT molecular complexity index is 390. The molecular weight excluding hydrogens is 256 g/mol. The molecule has 0 saturated carbocycles. The van der Waals surface area contributed by atoms with Gasteiger partial charge in [-0.3, -0.25) is 4.89 Å². The Labute approximate surface area is 121 Å². The Morgan fingerprint density at radius 2 is 1.75 bits per heavy atom. The van der Waals surface area contributed by atoms with Crippen molar-refractivity contribution in [1.82, 2.24) is 0 Å². The van der Waals surface area contributed by atoms with Crippen molar-refractivity contribution in [2.24, 2.45) is 0 Å². The zero-order valence-electron chi connectivity index (χ0n) is 12.4. The fraction of sp³-hybridized carbons (Fsp3) is 0.562. The van der Waals surface area contributed by atoms with Crippen LogP contribution in [0.3, 0.4) is 0 Å². The summed E-state index contributed by atoms with van der Waals surface area (Å²) in [4.78, 5) is 21.5. The third-order valence-corrected chi connectivity index (χ3v) is 3.04. The van der Waals surface area contributed by atoms with Gasteiger partial charge in [-0.05, 0) is 18.6 Å². The van der Waals surface area contributed by atoms with Crippen molar-refractivity contribution < 1.29 is 19.3 Å². The summed E-state index contributed by atoms with van der Waals surface area (Å²) in [6.45, 7) is 2.63. The lowest BCUT2D eigenvalue weighted by molar-refractivity contribution is -0.241. The van der Waals surface area contributed by atoms with Crippen molar-refractivity contribution in [1.29, 1.82) is 0 Å². The van der Waals surface area contributed by atoms with Crippen LogP contribution in [0.25, 0.3) is 0 Å². The summed E-state index contributed by atoms with van der Waals surface area (Å²) in [5.74, 6) is -0.0332. The van der Waals surface area contributed by atoms with E-state index in [0.717, 1.165) is 12.8 Å². The van der Waals surface area contributed by atoms with Gasteiger partial charge in [0.2, 0.25) is 0 Å². The predicted molar refractivity (Wildman–Crippen MR) is 77.7 cm³/mol. The van der Waals surface area contributed by atoms with Gasteiger partial charge in [0.25, 0.3) is 0 Å². The van der Waals surface area contributed by atoms with Crippen LogP contribution in [0.1, 0.15) is 55.8 Å². The molecule has 0 amide bonds. The minimum Gasteiger partial charge on any atom is -0.496 e. The van der Waals surface area contributed by atoms with Crippen molar-refractivity contribution in [2.45, 2.75) is 45.4 Å². The summed E-state index contributed by atoms with van der Waals surface area (Å²) in [5.41, 5.74) is 0.373. The zero-order valence-corrected chi connectivity index (χ0v) is 12.4. The monoisotopic (exact) mass is 280 g/mol. The smallest absolute Gasteiger partial charge is 0.376 e. The summed E-state index contributed by atoms with van der Waals surface area (Å²) >= 11 is 0. The van der Waals surface area contributed by atoms with E-state index in [1.807, 2.05) is 0 Å². The SMILES string of the molecule is CCCCCCCCOOC(=O)c1ccccc1OC. The van der Waals surface area contributed by atoms with Gasteiger partial charge in [-0.15, -0.1) is 0 Å². The Morgan fingerprint density at radius 1 is 1.05 bits per heavy atom. The molecule has 4 heteroatoms. The third-order valence-electron chi connectivity index (χ3n) is 3.04. The molecule has 0 aliphatic carbocycles. The first-order chi connectivity index (χ1) is 9.79. The van der Waals surface area contributed by atoms with E-state index in [1.165, 1.54) is 32.8 Å². The minimum atomic E-state index is -0.520. The number of methoxy groups -OCH3 is 1. The van der Waals surface area contributed by atoms with E-state index in [9.17, 15) is 4.79 Å². The third kappa shape index (κ3) is 6.06. The highest BCUT2D eigenvalue weighted by molar-refractivity contribution is 5.92. The van der Waals surface area contributed by atoms with E-state index < -0.39 is 5.97 Å². The van der Waals surface area contributed by atoms with E-state index in [-0.39, 0.29) is 0 Å². The lowest BCUT2D eigenvalue weighted by Crippen LogP contribution is -2.08. The van der Waals surface area contributed by atoms with Gasteiger partial charge in [-0.25, -0.2) is 4.79 Å². The molecule has 0 saturated heterocycles. The fourth-order valence-corrected chi connectivity index (χ4v) is 1.89. The molecule has 0 heterocycles. The molecule has 1 aromatic rings. The number of ether oxygens (including phenoxy) is 1. The highest BCUT2D eigenvalue weighted by Gasteiger charge is 2.13. The topological polar surface area (TPSA) is 44.8 Å². The fourth-order valence-electron chi connectivity index (χ4n) is 1.89. The summed E-state index contributed by atoms with van der Waals surface area (Å²) in [5, 5.41) is 0. The molecular formula is C16H24O4. The summed E-state index contributed by atoms with van der Waals surface area (Å²) in [7, 11) is 1.52. The molecule has 20 heavy (non-hydrogen) atoms. The molecule has 1 rings (SSSR count). The van der Waals surface area contributed by atoms with Crippen LogP contribution in [0.4, 0.5) is 0 Å². The van der Waals surface area contributed by atoms with E-state index in [2.05, 4.69) is 6.92 Å². The number of hydrogen-bond acceptors (Lipinski definition) is 4. The van der Waals surface area contributed by atoms with Crippen molar-refractivity contribution >= 4 is 5.97 Å². The quantitative estimate of drug-likeness (QED) is 0.367. The summed E-state index contributed by atoms with van der Waals surface area (Å²) in [6, 6.07) is 6.92. The molecule has 1 aromatic carbocycles. The number of carbonyl (C=O) groups is 1. The van der Waals surface area contributed by atoms with Crippen molar-refractivity contribution in [2.75, 3.05) is 13.7 Å². The maximum absolute atomic E-state index is 11.8. The standard InChI is InChI=1S/C16H24O4/c1-3-4-5-6-7-10-13-19-20-16(17)14-11-8-9-12-15(14)18-2/h8-9,11-12H,3-7,10,13H2,1-2H3. The van der Waals surface area contributed by atoms with Crippen molar-refractivity contribution in [3.8, 4) is 5.75 Å². The van der Waals surface area contributed by atoms with Gasteiger partial charge in [0.15, 0.2) is 0 Å². The maximum atomic E-state index is 11.8. The van der Waals surface area contributed by atoms with Gasteiger partial charge in [0, 0.05) is 0 Å². The Hall–Kier alpha value is -1.55. The minimum absolute atomic E-state index is 0.373. The van der Waals surface area contributed by atoms with Gasteiger partial charge >= 0.3 is 5.97 Å². The van der Waals surface area contributed by atoms with Crippen LogP contribution in [0.15, 0.2) is 24.3 Å². The Kier molecular flexibility index (Phi) is 8.47. The van der Waals surface area contributed by atoms with E-state index in [1.54, 1.807) is 24.3 Å². The number of hydrogen-bond donors (Lipinski definition) is 0. The molecule has 0 spiro atoms. The molecule has 112 valence electrons. The normalized spacial score (nSPS) is 10.3. The molecule has 0 atom stereocenters. The average molecular weight is 280 g/mol. The van der Waals surface area contributed by atoms with E-state index >= 15 is 0 Å². The van der Waals surface area contributed by atoms with Gasteiger partial charge in [-0.1, -0.05) is 51.2 Å². The Balaban J connectivity index is 2.17. The van der Waals surface area contributed by atoms with Crippen molar-refractivity contribution in [3.63, 3.8) is 0 Å². The maximum Gasteiger partial charge on any atom is 0.376 e. The second-order valence-corrected chi connectivity index (χ2v) is 4.66. The molecule has 0 unspecified atom stereocenters. The number of unbranched alkanes of at least 4 members (excludes halogenated alkanes) is 5. The molecule has 0 aliphatic heterocycles. The molecule has 0 aliphatic rings. The van der Waals surface area contributed by atoms with Crippen LogP contribution in [0, 0.1) is 0 Å². The zero-order chi connectivity index (χ0) is 14.6. The van der Waals surface area contributed by atoms with Crippen LogP contribution in [-0.2, 0) is 9.78 Å². The first kappa shape index (κ1) is 16.5. The average Bonchev–Trinajstić information content (AvgIpc) is 2.49. The summed E-state index contributed by atoms with van der Waals surface area (Å²) < 4.78 is 5.09. The largest absolute Gasteiger partial charge is 0.496 e. The van der Waals surface area contributed by atoms with Gasteiger partial charge in [0.1, 0.15) is 11.3 Å². The van der Waals surface area contributed by atoms with Crippen LogP contribution < -0.4 is 4.74 Å². The second-order valence-electron chi connectivity index (χ2n) is 4.66. The molecule has 4 nitrogen and oxygen atoms in total. The predicted octanol–water partition coefficient (Wildman–Crippen LogP) is 4.14. The van der Waals surface area contributed by atoms with Crippen LogP contribution in [0.2, 0.25) is 0 Å². The van der Waals surface area contributed by atoms with E-state index in [4.69, 9.17) is 14.5 Å². The van der Waals surface area contributed by atoms with Crippen LogP contribution >= 0.6 is 0 Å². The first-order valence-electron chi connectivity index (χ1n) is 7.26. The highest BCUT2D eigenvalue weighted by Crippen LogP contribution is 2.18. The molecule has 0 bridgehead atoms. The molecule has 0 fully saturated rings. The molecule has 0 N–H and O–H groups in total. The van der Waals surface area contributed by atoms with Crippen LogP contribution in [-0.4, -0.2) is 19.7 Å². The number of benzene rings is 1. The number of carbonyl (C=O) groups excluding carboxylic acids is 1. The van der Waals surface area contributed by atoms with Crippen LogP contribution in [0.5, 0.6) is 5.75 Å². The summed E-state index contributed by atoms with van der Waals surface area (Å²) in [6.07, 6.45) is 7.00. The van der Waals surface area contributed by atoms with Crippen molar-refractivity contribution in [3.05, 3.63) is 29.8 Å². The lowest BCUT2D eigenvalue weighted by atomic mass is 10.1. The number of para-hydroxylation sites is 1. The molecule has 0 aromatic heterocycles. The number of rotatable bonds is 10. The van der Waals surface area contributed by atoms with Gasteiger partial charge < -0.3 is 4.74 Å². The second kappa shape index (κ2) is 10.3. The lowest BCUT2D eigenvalue weighted by Gasteiger charge is -2.07. The molecule has 0 radical (unpaired) electrons. The first-order valence-corrected chi connectivity index (χ1v) is 7.26. The van der Waals surface area contributed by atoms with Gasteiger partial charge in [0.05, 0.1) is 13.7 Å². The Morgan fingerprint density at radius 3 is 2.50 bits per heavy atom. The van der Waals surface area contributed by atoms with E-state index in [0.29, 0.717) is 17.9 Å². The van der Waals surface area contributed by atoms with Gasteiger partial charge in [-0.2, -0.15) is 4.89 Å². The highest BCUT2D eigenvalue weighted by atomic mass is 17.2.